The molecule has 5 nitrogen and oxygen atoms in total. The molecule has 0 fully saturated rings. The number of anilines is 2. The zero-order valence-electron chi connectivity index (χ0n) is 18.6. The largest absolute Gasteiger partial charge is 0.484 e. The van der Waals surface area contributed by atoms with Gasteiger partial charge in [0.05, 0.1) is 5.56 Å². The molecule has 0 aliphatic rings. The first-order valence-electron chi connectivity index (χ1n) is 10.8. The summed E-state index contributed by atoms with van der Waals surface area (Å²) in [6, 6.07) is 18.0. The first-order valence-corrected chi connectivity index (χ1v) is 10.8. The number of alkyl halides is 3. The number of hydrogen-bond donors (Lipinski definition) is 2. The van der Waals surface area contributed by atoms with Crippen LogP contribution in [0.15, 0.2) is 72.8 Å². The van der Waals surface area contributed by atoms with Gasteiger partial charge in [0.25, 0.3) is 11.8 Å². The highest BCUT2D eigenvalue weighted by molar-refractivity contribution is 6.04. The number of benzene rings is 3. The van der Waals surface area contributed by atoms with Crippen molar-refractivity contribution in [2.24, 2.45) is 0 Å². The van der Waals surface area contributed by atoms with E-state index in [-0.39, 0.29) is 23.8 Å². The predicted molar refractivity (Wildman–Crippen MR) is 125 cm³/mol. The fraction of sp³-hybridized carbons (Fsp3) is 0.231. The van der Waals surface area contributed by atoms with E-state index < -0.39 is 17.6 Å². The van der Waals surface area contributed by atoms with Gasteiger partial charge < -0.3 is 15.4 Å². The zero-order chi connectivity index (χ0) is 24.6. The molecule has 3 rings (SSSR count). The molecule has 0 unspecified atom stereocenters. The molecular formula is C26H25F3N2O3. The SMILES string of the molecule is CCCCc1ccc(NC(=O)COc2ccc(C(=O)Nc3cccc(C(F)(F)F)c3)cc2)cc1. The third kappa shape index (κ3) is 7.37. The highest BCUT2D eigenvalue weighted by Crippen LogP contribution is 2.30. The maximum atomic E-state index is 12.8. The lowest BCUT2D eigenvalue weighted by Gasteiger charge is -2.11. The second-order valence-corrected chi connectivity index (χ2v) is 7.69. The molecule has 3 aromatic carbocycles. The van der Waals surface area contributed by atoms with Crippen LogP contribution in [-0.2, 0) is 17.4 Å². The molecule has 2 N–H and O–H groups in total. The standard InChI is InChI=1S/C26H25F3N2O3/c1-2-3-5-18-8-12-21(13-9-18)30-24(32)17-34-23-14-10-19(11-15-23)25(33)31-22-7-4-6-20(16-22)26(27,28)29/h4,6-16H,2-3,5,17H2,1H3,(H,30,32)(H,31,33). The Hall–Kier alpha value is -3.81. The van der Waals surface area contributed by atoms with Crippen molar-refractivity contribution in [3.63, 3.8) is 0 Å². The van der Waals surface area contributed by atoms with Gasteiger partial charge in [0, 0.05) is 16.9 Å². The van der Waals surface area contributed by atoms with Gasteiger partial charge in [-0.15, -0.1) is 0 Å². The molecule has 178 valence electrons. The Morgan fingerprint density at radius 3 is 2.24 bits per heavy atom. The van der Waals surface area contributed by atoms with Gasteiger partial charge in [-0.05, 0) is 73.0 Å². The molecule has 8 heteroatoms. The Morgan fingerprint density at radius 1 is 0.882 bits per heavy atom. The molecule has 0 saturated carbocycles. The van der Waals surface area contributed by atoms with Crippen molar-refractivity contribution in [3.05, 3.63) is 89.5 Å². The lowest BCUT2D eigenvalue weighted by Crippen LogP contribution is -2.20. The van der Waals surface area contributed by atoms with Crippen LogP contribution in [0.5, 0.6) is 5.75 Å². The lowest BCUT2D eigenvalue weighted by molar-refractivity contribution is -0.137. The van der Waals surface area contributed by atoms with E-state index in [1.165, 1.54) is 42.0 Å². The Morgan fingerprint density at radius 2 is 1.59 bits per heavy atom. The maximum Gasteiger partial charge on any atom is 0.416 e. The van der Waals surface area contributed by atoms with Crippen LogP contribution in [-0.4, -0.2) is 18.4 Å². The third-order valence-corrected chi connectivity index (χ3v) is 4.99. The minimum absolute atomic E-state index is 0.0372. The van der Waals surface area contributed by atoms with Gasteiger partial charge >= 0.3 is 6.18 Å². The lowest BCUT2D eigenvalue weighted by atomic mass is 10.1. The third-order valence-electron chi connectivity index (χ3n) is 4.99. The first kappa shape index (κ1) is 24.8. The van der Waals surface area contributed by atoms with Crippen LogP contribution in [0.25, 0.3) is 0 Å². The number of carbonyl (C=O) groups is 2. The van der Waals surface area contributed by atoms with Crippen LogP contribution in [0.1, 0.15) is 41.3 Å². The Kier molecular flexibility index (Phi) is 8.29. The number of aryl methyl sites for hydroxylation is 1. The van der Waals surface area contributed by atoms with Crippen molar-refractivity contribution in [3.8, 4) is 5.75 Å². The zero-order valence-corrected chi connectivity index (χ0v) is 18.6. The first-order chi connectivity index (χ1) is 16.2. The highest BCUT2D eigenvalue weighted by Gasteiger charge is 2.30. The van der Waals surface area contributed by atoms with E-state index in [0.29, 0.717) is 11.4 Å². The summed E-state index contributed by atoms with van der Waals surface area (Å²) in [5.41, 5.74) is 1.32. The maximum absolute atomic E-state index is 12.8. The molecule has 0 atom stereocenters. The fourth-order valence-corrected chi connectivity index (χ4v) is 3.16. The number of amides is 2. The summed E-state index contributed by atoms with van der Waals surface area (Å²) in [4.78, 5) is 24.5. The summed E-state index contributed by atoms with van der Waals surface area (Å²) in [7, 11) is 0. The van der Waals surface area contributed by atoms with E-state index in [1.54, 1.807) is 0 Å². The van der Waals surface area contributed by atoms with Crippen LogP contribution in [0.4, 0.5) is 24.5 Å². The fourth-order valence-electron chi connectivity index (χ4n) is 3.16. The molecule has 3 aromatic rings. The summed E-state index contributed by atoms with van der Waals surface area (Å²) in [6.07, 6.45) is -1.26. The molecule has 0 aromatic heterocycles. The number of unbranched alkanes of at least 4 members (excludes halogenated alkanes) is 1. The minimum Gasteiger partial charge on any atom is -0.484 e. The predicted octanol–water partition coefficient (Wildman–Crippen LogP) is 6.32. The molecule has 0 spiro atoms. The van der Waals surface area contributed by atoms with E-state index in [4.69, 9.17) is 4.74 Å². The number of nitrogens with one attached hydrogen (secondary N) is 2. The number of rotatable bonds is 9. The quantitative estimate of drug-likeness (QED) is 0.385. The van der Waals surface area contributed by atoms with Gasteiger partial charge in [0.2, 0.25) is 0 Å². The van der Waals surface area contributed by atoms with Gasteiger partial charge in [-0.25, -0.2) is 0 Å². The number of ether oxygens (including phenoxy) is 1. The molecule has 0 aliphatic heterocycles. The highest BCUT2D eigenvalue weighted by atomic mass is 19.4. The number of halogens is 3. The van der Waals surface area contributed by atoms with E-state index >= 15 is 0 Å². The Labute approximate surface area is 195 Å². The summed E-state index contributed by atoms with van der Waals surface area (Å²) in [5.74, 6) is -0.514. The molecule has 34 heavy (non-hydrogen) atoms. The van der Waals surface area contributed by atoms with Gasteiger partial charge in [0.15, 0.2) is 6.61 Å². The molecule has 0 aliphatic carbocycles. The van der Waals surface area contributed by atoms with E-state index in [1.807, 2.05) is 24.3 Å². The monoisotopic (exact) mass is 470 g/mol. The average Bonchev–Trinajstić information content (AvgIpc) is 2.82. The summed E-state index contributed by atoms with van der Waals surface area (Å²) >= 11 is 0. The van der Waals surface area contributed by atoms with E-state index in [9.17, 15) is 22.8 Å². The van der Waals surface area contributed by atoms with Crippen molar-refractivity contribution in [2.75, 3.05) is 17.2 Å². The summed E-state index contributed by atoms with van der Waals surface area (Å²) in [5, 5.41) is 5.20. The molecule has 0 saturated heterocycles. The molecule has 0 heterocycles. The average molecular weight is 470 g/mol. The number of hydrogen-bond acceptors (Lipinski definition) is 3. The second-order valence-electron chi connectivity index (χ2n) is 7.69. The Bertz CT molecular complexity index is 1110. The molecule has 0 bridgehead atoms. The van der Waals surface area contributed by atoms with Crippen LogP contribution in [0.3, 0.4) is 0 Å². The van der Waals surface area contributed by atoms with Crippen LogP contribution in [0, 0.1) is 0 Å². The van der Waals surface area contributed by atoms with E-state index in [2.05, 4.69) is 17.6 Å². The topological polar surface area (TPSA) is 67.4 Å². The summed E-state index contributed by atoms with van der Waals surface area (Å²) < 4.78 is 43.9. The Balaban J connectivity index is 1.49. The molecular weight excluding hydrogens is 445 g/mol. The second kappa shape index (κ2) is 11.4. The van der Waals surface area contributed by atoms with E-state index in [0.717, 1.165) is 31.4 Å². The van der Waals surface area contributed by atoms with Gasteiger partial charge in [-0.2, -0.15) is 13.2 Å². The van der Waals surface area contributed by atoms with Crippen molar-refractivity contribution >= 4 is 23.2 Å². The van der Waals surface area contributed by atoms with Gasteiger partial charge in [0.1, 0.15) is 5.75 Å². The van der Waals surface area contributed by atoms with Crippen LogP contribution in [0.2, 0.25) is 0 Å². The van der Waals surface area contributed by atoms with Crippen molar-refractivity contribution in [1.82, 2.24) is 0 Å². The smallest absolute Gasteiger partial charge is 0.416 e. The van der Waals surface area contributed by atoms with Crippen molar-refractivity contribution in [2.45, 2.75) is 32.4 Å². The van der Waals surface area contributed by atoms with Crippen LogP contribution < -0.4 is 15.4 Å². The summed E-state index contributed by atoms with van der Waals surface area (Å²) in [6.45, 7) is 1.92. The normalized spacial score (nSPS) is 11.1. The van der Waals surface area contributed by atoms with Crippen LogP contribution >= 0.6 is 0 Å². The molecule has 2 amide bonds. The van der Waals surface area contributed by atoms with Gasteiger partial charge in [-0.3, -0.25) is 9.59 Å². The molecule has 0 radical (unpaired) electrons. The van der Waals surface area contributed by atoms with Crippen molar-refractivity contribution in [1.29, 1.82) is 0 Å². The van der Waals surface area contributed by atoms with Gasteiger partial charge in [-0.1, -0.05) is 31.5 Å². The minimum atomic E-state index is -4.50. The van der Waals surface area contributed by atoms with Crippen molar-refractivity contribution < 1.29 is 27.5 Å². The number of carbonyl (C=O) groups excluding carboxylic acids is 2.